The molecule has 2 amide bonds. The van der Waals surface area contributed by atoms with E-state index in [1.807, 2.05) is 25.2 Å². The van der Waals surface area contributed by atoms with Gasteiger partial charge in [-0.1, -0.05) is 6.07 Å². The Bertz CT molecular complexity index is 1750. The predicted octanol–water partition coefficient (Wildman–Crippen LogP) is 4.87. The molecule has 0 radical (unpaired) electrons. The van der Waals surface area contributed by atoms with Crippen LogP contribution in [-0.4, -0.2) is 69.8 Å². The van der Waals surface area contributed by atoms with Crippen molar-refractivity contribution in [3.05, 3.63) is 88.9 Å². The van der Waals surface area contributed by atoms with Crippen LogP contribution in [0.15, 0.2) is 60.9 Å². The van der Waals surface area contributed by atoms with Crippen molar-refractivity contribution in [3.63, 3.8) is 0 Å². The molecular weight excluding hydrogens is 599 g/mol. The number of pyridine rings is 1. The third-order valence-electron chi connectivity index (χ3n) is 8.41. The van der Waals surface area contributed by atoms with Gasteiger partial charge in [0.15, 0.2) is 5.82 Å². The average molecular weight is 634 g/mol. The summed E-state index contributed by atoms with van der Waals surface area (Å²) < 4.78 is 46.2. The first-order chi connectivity index (χ1) is 22.1. The Labute approximate surface area is 263 Å². The molecule has 4 aromatic rings. The molecule has 6 rings (SSSR count). The minimum atomic E-state index is -4.55. The molecule has 0 saturated carbocycles. The lowest BCUT2D eigenvalue weighted by Gasteiger charge is -2.32. The summed E-state index contributed by atoms with van der Waals surface area (Å²) in [5, 5.41) is 2.67. The fraction of sp³-hybridized carbons (Fsp3) is 0.333. The Morgan fingerprint density at radius 1 is 1.02 bits per heavy atom. The van der Waals surface area contributed by atoms with Crippen LogP contribution in [0.5, 0.6) is 11.5 Å². The molecule has 0 bridgehead atoms. The van der Waals surface area contributed by atoms with Crippen LogP contribution in [0.3, 0.4) is 0 Å². The molecule has 1 fully saturated rings. The average Bonchev–Trinajstić information content (AvgIpc) is 3.55. The minimum absolute atomic E-state index is 0.0732. The van der Waals surface area contributed by atoms with Gasteiger partial charge in [-0.25, -0.2) is 4.98 Å². The molecule has 3 heterocycles. The number of nitrogens with zero attached hydrogens (tertiary/aromatic N) is 4. The summed E-state index contributed by atoms with van der Waals surface area (Å²) in [5.74, 6) is 0.651. The van der Waals surface area contributed by atoms with Gasteiger partial charge in [-0.3, -0.25) is 14.6 Å². The standard InChI is InChI=1S/C33H34F3N7O3/c1-42-8-10-43(11-9-42)32(45)29-19-39-30(41-29)28-17-27(6-7-38-28)46-26-5-4-21-2-3-22(14-23(21)15-26)31(44)40-25-13-20(18-37)12-24(16-25)33(34,35)36/h4-7,12-13,15-17,19,22H,2-3,8-11,14,18,37H2,1H3,(H,39,41)(H,40,44). The number of imidazole rings is 1. The topological polar surface area (TPSA) is 129 Å². The molecule has 240 valence electrons. The molecule has 2 aromatic heterocycles. The molecule has 1 unspecified atom stereocenters. The molecule has 13 heteroatoms. The van der Waals surface area contributed by atoms with Gasteiger partial charge in [0.2, 0.25) is 5.91 Å². The SMILES string of the molecule is CN1CCN(C(=O)c2cnc(-c3cc(Oc4ccc5c(c4)CC(C(=O)Nc4cc(CN)cc(C(F)(F)F)c4)CC5)ccn3)[nH]2)CC1. The maximum atomic E-state index is 13.4. The number of anilines is 1. The number of aromatic nitrogens is 3. The van der Waals surface area contributed by atoms with E-state index >= 15 is 0 Å². The number of nitrogens with one attached hydrogen (secondary N) is 2. The molecule has 4 N–H and O–H groups in total. The summed E-state index contributed by atoms with van der Waals surface area (Å²) in [6.07, 6.45) is 0.197. The number of nitrogens with two attached hydrogens (primary N) is 1. The molecule has 1 saturated heterocycles. The zero-order valence-corrected chi connectivity index (χ0v) is 25.2. The lowest BCUT2D eigenvalue weighted by Crippen LogP contribution is -2.47. The Morgan fingerprint density at radius 3 is 2.57 bits per heavy atom. The molecule has 10 nitrogen and oxygen atoms in total. The summed E-state index contributed by atoms with van der Waals surface area (Å²) in [5.41, 5.74) is 8.02. The number of hydrogen-bond donors (Lipinski definition) is 3. The number of hydrogen-bond acceptors (Lipinski definition) is 7. The van der Waals surface area contributed by atoms with E-state index in [-0.39, 0.29) is 29.6 Å². The number of fused-ring (bicyclic) bond motifs is 1. The van der Waals surface area contributed by atoms with Crippen LogP contribution in [0, 0.1) is 5.92 Å². The van der Waals surface area contributed by atoms with E-state index in [9.17, 15) is 22.8 Å². The zero-order chi connectivity index (χ0) is 32.4. The number of carbonyl (C=O) groups is 2. The molecular formula is C33H34F3N7O3. The monoisotopic (exact) mass is 633 g/mol. The van der Waals surface area contributed by atoms with Gasteiger partial charge in [0.05, 0.1) is 11.8 Å². The van der Waals surface area contributed by atoms with Crippen molar-refractivity contribution in [3.8, 4) is 23.0 Å². The third kappa shape index (κ3) is 7.05. The second-order valence-electron chi connectivity index (χ2n) is 11.7. The summed E-state index contributed by atoms with van der Waals surface area (Å²) in [7, 11) is 2.03. The van der Waals surface area contributed by atoms with Gasteiger partial charge in [-0.05, 0) is 79.4 Å². The third-order valence-corrected chi connectivity index (χ3v) is 8.41. The molecule has 1 aliphatic carbocycles. The van der Waals surface area contributed by atoms with E-state index in [1.165, 1.54) is 12.3 Å². The highest BCUT2D eigenvalue weighted by molar-refractivity contribution is 5.93. The Morgan fingerprint density at radius 2 is 1.80 bits per heavy atom. The number of likely N-dealkylation sites (N-methyl/N-ethyl adjacent to an activating group) is 1. The fourth-order valence-electron chi connectivity index (χ4n) is 5.79. The number of ether oxygens (including phenoxy) is 1. The smallest absolute Gasteiger partial charge is 0.416 e. The summed E-state index contributed by atoms with van der Waals surface area (Å²) >= 11 is 0. The predicted molar refractivity (Wildman–Crippen MR) is 165 cm³/mol. The van der Waals surface area contributed by atoms with Gasteiger partial charge >= 0.3 is 6.18 Å². The van der Waals surface area contributed by atoms with Crippen LogP contribution in [0.2, 0.25) is 0 Å². The van der Waals surface area contributed by atoms with Crippen molar-refractivity contribution in [1.29, 1.82) is 0 Å². The highest BCUT2D eigenvalue weighted by Gasteiger charge is 2.32. The first kappa shape index (κ1) is 31.2. The van der Waals surface area contributed by atoms with E-state index in [0.29, 0.717) is 61.1 Å². The number of benzene rings is 2. The van der Waals surface area contributed by atoms with Crippen molar-refractivity contribution in [2.45, 2.75) is 32.0 Å². The summed E-state index contributed by atoms with van der Waals surface area (Å²) in [6, 6.07) is 12.5. The lowest BCUT2D eigenvalue weighted by molar-refractivity contribution is -0.137. The van der Waals surface area contributed by atoms with Crippen LogP contribution in [-0.2, 0) is 30.4 Å². The minimum Gasteiger partial charge on any atom is -0.457 e. The van der Waals surface area contributed by atoms with Crippen LogP contribution < -0.4 is 15.8 Å². The quantitative estimate of drug-likeness (QED) is 0.265. The molecule has 1 aliphatic heterocycles. The fourth-order valence-corrected chi connectivity index (χ4v) is 5.79. The number of aromatic amines is 1. The molecule has 46 heavy (non-hydrogen) atoms. The number of carbonyl (C=O) groups excluding carboxylic acids is 2. The van der Waals surface area contributed by atoms with E-state index in [4.69, 9.17) is 10.5 Å². The Kier molecular flexibility index (Phi) is 8.78. The maximum Gasteiger partial charge on any atom is 0.416 e. The van der Waals surface area contributed by atoms with Crippen molar-refractivity contribution in [1.82, 2.24) is 24.8 Å². The van der Waals surface area contributed by atoms with Crippen molar-refractivity contribution < 1.29 is 27.5 Å². The first-order valence-electron chi connectivity index (χ1n) is 15.1. The number of alkyl halides is 3. The number of rotatable bonds is 7. The van der Waals surface area contributed by atoms with Crippen molar-refractivity contribution in [2.75, 3.05) is 38.5 Å². The van der Waals surface area contributed by atoms with Crippen LogP contribution in [0.25, 0.3) is 11.5 Å². The van der Waals surface area contributed by atoms with Gasteiger partial charge in [0.1, 0.15) is 22.9 Å². The zero-order valence-electron chi connectivity index (χ0n) is 25.2. The number of H-pyrrole nitrogens is 1. The van der Waals surface area contributed by atoms with Crippen molar-refractivity contribution in [2.24, 2.45) is 11.7 Å². The second kappa shape index (κ2) is 12.9. The van der Waals surface area contributed by atoms with Gasteiger partial charge in [0.25, 0.3) is 5.91 Å². The second-order valence-corrected chi connectivity index (χ2v) is 11.7. The number of amides is 2. The Hall–Kier alpha value is -4.75. The molecule has 2 aliphatic rings. The number of aryl methyl sites for hydroxylation is 1. The van der Waals surface area contributed by atoms with Crippen LogP contribution in [0.4, 0.5) is 18.9 Å². The van der Waals surface area contributed by atoms with E-state index in [1.54, 1.807) is 23.2 Å². The van der Waals surface area contributed by atoms with Gasteiger partial charge < -0.3 is 30.6 Å². The number of halogens is 3. The van der Waals surface area contributed by atoms with E-state index < -0.39 is 17.7 Å². The van der Waals surface area contributed by atoms with Crippen LogP contribution in [0.1, 0.15) is 39.2 Å². The first-order valence-corrected chi connectivity index (χ1v) is 15.1. The van der Waals surface area contributed by atoms with Gasteiger partial charge in [-0.2, -0.15) is 13.2 Å². The normalized spacial score (nSPS) is 17.0. The van der Waals surface area contributed by atoms with Gasteiger partial charge in [0, 0.05) is 56.6 Å². The van der Waals surface area contributed by atoms with Crippen molar-refractivity contribution >= 4 is 17.5 Å². The summed E-state index contributed by atoms with van der Waals surface area (Å²) in [6.45, 7) is 2.87. The molecule has 0 spiro atoms. The largest absolute Gasteiger partial charge is 0.457 e. The van der Waals surface area contributed by atoms with Gasteiger partial charge in [-0.15, -0.1) is 0 Å². The molecule has 1 atom stereocenters. The highest BCUT2D eigenvalue weighted by Crippen LogP contribution is 2.34. The molecule has 2 aromatic carbocycles. The van der Waals surface area contributed by atoms with E-state index in [2.05, 4.69) is 25.2 Å². The Balaban J connectivity index is 1.12. The van der Waals surface area contributed by atoms with E-state index in [0.717, 1.165) is 36.3 Å². The highest BCUT2D eigenvalue weighted by atomic mass is 19.4. The van der Waals surface area contributed by atoms with Crippen LogP contribution >= 0.6 is 0 Å². The maximum absolute atomic E-state index is 13.4. The lowest BCUT2D eigenvalue weighted by atomic mass is 9.83. The summed E-state index contributed by atoms with van der Waals surface area (Å²) in [4.78, 5) is 41.9. The number of piperazine rings is 1.